The van der Waals surface area contributed by atoms with Gasteiger partial charge in [0.05, 0.1) is 31.8 Å². The molecule has 0 radical (unpaired) electrons. The number of allylic oxidation sites excluding steroid dienone is 1. The Kier molecular flexibility index (Phi) is 4.75. The van der Waals surface area contributed by atoms with Crippen LogP contribution in [0.3, 0.4) is 0 Å². The summed E-state index contributed by atoms with van der Waals surface area (Å²) in [5.74, 6) is 0.727. The van der Waals surface area contributed by atoms with Crippen LogP contribution in [0, 0.1) is 34.0 Å². The second-order valence-corrected chi connectivity index (χ2v) is 9.14. The molecule has 1 spiro atoms. The molecule has 2 saturated carbocycles. The van der Waals surface area contributed by atoms with Gasteiger partial charge in [0.25, 0.3) is 0 Å². The van der Waals surface area contributed by atoms with E-state index in [1.54, 1.807) is 0 Å². The molecule has 0 amide bonds. The van der Waals surface area contributed by atoms with Crippen LogP contribution in [-0.4, -0.2) is 25.3 Å². The van der Waals surface area contributed by atoms with Gasteiger partial charge in [0, 0.05) is 5.57 Å². The van der Waals surface area contributed by atoms with Crippen molar-refractivity contribution in [3.05, 3.63) is 11.6 Å². The predicted octanol–water partition coefficient (Wildman–Crippen LogP) is 4.40. The average molecular weight is 345 g/mol. The number of carbonyl (C=O) groups excluding carboxylic acids is 1. The van der Waals surface area contributed by atoms with Crippen LogP contribution in [0.15, 0.2) is 11.6 Å². The van der Waals surface area contributed by atoms with Crippen LogP contribution in [0.2, 0.25) is 0 Å². The van der Waals surface area contributed by atoms with Crippen LogP contribution >= 0.6 is 0 Å². The van der Waals surface area contributed by atoms with Gasteiger partial charge in [-0.15, -0.1) is 0 Å². The van der Waals surface area contributed by atoms with Gasteiger partial charge in [-0.25, -0.2) is 4.79 Å². The molecule has 1 aliphatic heterocycles. The fourth-order valence-electron chi connectivity index (χ4n) is 6.09. The zero-order valence-electron chi connectivity index (χ0n) is 16.1. The minimum atomic E-state index is -0.381. The maximum absolute atomic E-state index is 11.9. The predicted molar refractivity (Wildman–Crippen MR) is 95.6 cm³/mol. The van der Waals surface area contributed by atoms with Crippen LogP contribution in [-0.2, 0) is 14.3 Å². The number of carbonyl (C=O) groups is 1. The molecule has 0 bridgehead atoms. The highest BCUT2D eigenvalue weighted by atomic mass is 16.6. The Labute approximate surface area is 151 Å². The summed E-state index contributed by atoms with van der Waals surface area (Å²) in [7, 11) is 1.38. The van der Waals surface area contributed by atoms with Gasteiger partial charge in [-0.05, 0) is 54.8 Å². The number of epoxide rings is 1. The maximum Gasteiger partial charge on any atom is 0.334 e. The number of rotatable bonds is 4. The maximum atomic E-state index is 11.9. The van der Waals surface area contributed by atoms with Gasteiger partial charge in [-0.1, -0.05) is 33.3 Å². The van der Waals surface area contributed by atoms with Crippen molar-refractivity contribution in [2.24, 2.45) is 22.7 Å². The minimum Gasteiger partial charge on any atom is -0.466 e. The summed E-state index contributed by atoms with van der Waals surface area (Å²) in [6.07, 6.45) is 9.03. The lowest BCUT2D eigenvalue weighted by Crippen LogP contribution is -2.54. The van der Waals surface area contributed by atoms with E-state index in [1.807, 2.05) is 6.08 Å². The largest absolute Gasteiger partial charge is 0.466 e. The van der Waals surface area contributed by atoms with Crippen LogP contribution in [0.5, 0.6) is 0 Å². The first-order valence-electron chi connectivity index (χ1n) is 9.57. The molecule has 0 N–H and O–H groups in total. The van der Waals surface area contributed by atoms with Crippen LogP contribution in [0.1, 0.15) is 65.7 Å². The summed E-state index contributed by atoms with van der Waals surface area (Å²) in [6.45, 7) is 8.13. The van der Waals surface area contributed by atoms with Crippen molar-refractivity contribution < 1.29 is 14.3 Å². The number of hydrogen-bond acceptors (Lipinski definition) is 4. The van der Waals surface area contributed by atoms with Gasteiger partial charge in [-0.2, -0.15) is 5.26 Å². The molecule has 4 heteroatoms. The van der Waals surface area contributed by atoms with Gasteiger partial charge in [-0.3, -0.25) is 0 Å². The number of esters is 1. The monoisotopic (exact) mass is 345 g/mol. The van der Waals surface area contributed by atoms with Gasteiger partial charge >= 0.3 is 5.97 Å². The van der Waals surface area contributed by atoms with E-state index in [-0.39, 0.29) is 23.4 Å². The van der Waals surface area contributed by atoms with Crippen molar-refractivity contribution in [1.82, 2.24) is 0 Å². The number of nitriles is 1. The Morgan fingerprint density at radius 1 is 1.32 bits per heavy atom. The number of nitrogens with zero attached hydrogens (tertiary/aromatic N) is 1. The van der Waals surface area contributed by atoms with Crippen LogP contribution in [0.4, 0.5) is 0 Å². The average Bonchev–Trinajstić information content (AvgIpc) is 3.31. The number of hydrogen-bond donors (Lipinski definition) is 0. The lowest BCUT2D eigenvalue weighted by atomic mass is 9.46. The SMILES string of the molecule is COC(=O)C(=CC[C@H]1[C@]2(CC[C@H]3C(C)(C)CCC[C@@]31C)CO2)CC#N. The number of ether oxygens (including phenoxy) is 2. The Hall–Kier alpha value is -1.34. The summed E-state index contributed by atoms with van der Waals surface area (Å²) in [6, 6.07) is 2.09. The zero-order valence-corrected chi connectivity index (χ0v) is 16.1. The molecule has 0 unspecified atom stereocenters. The van der Waals surface area contributed by atoms with E-state index >= 15 is 0 Å². The topological polar surface area (TPSA) is 62.6 Å². The van der Waals surface area contributed by atoms with Gasteiger partial charge in [0.2, 0.25) is 0 Å². The van der Waals surface area contributed by atoms with Crippen molar-refractivity contribution >= 4 is 5.97 Å². The van der Waals surface area contributed by atoms with E-state index in [2.05, 4.69) is 26.8 Å². The van der Waals surface area contributed by atoms with E-state index in [4.69, 9.17) is 14.7 Å². The van der Waals surface area contributed by atoms with E-state index in [0.29, 0.717) is 22.8 Å². The third-order valence-electron chi connectivity index (χ3n) is 7.40. The summed E-state index contributed by atoms with van der Waals surface area (Å²) in [4.78, 5) is 11.9. The molecular weight excluding hydrogens is 314 g/mol. The molecule has 4 atom stereocenters. The van der Waals surface area contributed by atoms with Crippen molar-refractivity contribution in [3.8, 4) is 6.07 Å². The van der Waals surface area contributed by atoms with E-state index in [1.165, 1.54) is 32.8 Å². The smallest absolute Gasteiger partial charge is 0.334 e. The Bertz CT molecular complexity index is 611. The third kappa shape index (κ3) is 3.12. The Morgan fingerprint density at radius 3 is 2.64 bits per heavy atom. The Balaban J connectivity index is 1.89. The van der Waals surface area contributed by atoms with Crippen molar-refractivity contribution in [1.29, 1.82) is 5.26 Å². The quantitative estimate of drug-likeness (QED) is 0.430. The standard InChI is InChI=1S/C21H31NO3/c1-19(2)10-5-11-20(3)16(19)8-12-21(14-25-21)17(20)7-6-15(9-13-22)18(23)24-4/h6,16-17H,5,7-12,14H2,1-4H3/t16-,17+,20-,21-/m0/s1. The fraction of sp³-hybridized carbons (Fsp3) is 0.810. The van der Waals surface area contributed by atoms with E-state index in [9.17, 15) is 4.79 Å². The summed E-state index contributed by atoms with van der Waals surface area (Å²) in [5, 5.41) is 9.02. The zero-order chi connectivity index (χ0) is 18.3. The molecule has 1 saturated heterocycles. The Morgan fingerprint density at radius 2 is 2.04 bits per heavy atom. The molecule has 0 aromatic carbocycles. The molecule has 1 heterocycles. The highest BCUT2D eigenvalue weighted by molar-refractivity contribution is 5.88. The summed E-state index contributed by atoms with van der Waals surface area (Å²) >= 11 is 0. The molecule has 3 fully saturated rings. The van der Waals surface area contributed by atoms with Crippen molar-refractivity contribution in [2.45, 2.75) is 71.3 Å². The fourth-order valence-corrected chi connectivity index (χ4v) is 6.09. The van der Waals surface area contributed by atoms with Crippen molar-refractivity contribution in [3.63, 3.8) is 0 Å². The molecule has 0 aromatic heterocycles. The van der Waals surface area contributed by atoms with Crippen LogP contribution < -0.4 is 0 Å². The first-order valence-corrected chi connectivity index (χ1v) is 9.57. The second kappa shape index (κ2) is 6.43. The molecule has 0 aromatic rings. The van der Waals surface area contributed by atoms with Gasteiger partial charge in [0.15, 0.2) is 0 Å². The highest BCUT2D eigenvalue weighted by Gasteiger charge is 2.64. The molecule has 3 aliphatic rings. The molecule has 4 nitrogen and oxygen atoms in total. The van der Waals surface area contributed by atoms with E-state index in [0.717, 1.165) is 19.4 Å². The first kappa shape index (κ1) is 18.5. The van der Waals surface area contributed by atoms with Gasteiger partial charge in [0.1, 0.15) is 0 Å². The lowest BCUT2D eigenvalue weighted by Gasteiger charge is -2.59. The normalized spacial score (nSPS) is 39.4. The molecule has 138 valence electrons. The van der Waals surface area contributed by atoms with Crippen LogP contribution in [0.25, 0.3) is 0 Å². The summed E-state index contributed by atoms with van der Waals surface area (Å²) in [5.41, 5.74) is 1.09. The number of methoxy groups -OCH3 is 1. The summed E-state index contributed by atoms with van der Waals surface area (Å²) < 4.78 is 10.8. The number of fused-ring (bicyclic) bond motifs is 1. The third-order valence-corrected chi connectivity index (χ3v) is 7.40. The molecule has 25 heavy (non-hydrogen) atoms. The highest BCUT2D eigenvalue weighted by Crippen LogP contribution is 2.66. The minimum absolute atomic E-state index is 0.00302. The van der Waals surface area contributed by atoms with E-state index < -0.39 is 0 Å². The molecular formula is C21H31NO3. The van der Waals surface area contributed by atoms with Crippen molar-refractivity contribution in [2.75, 3.05) is 13.7 Å². The lowest BCUT2D eigenvalue weighted by molar-refractivity contribution is -0.136. The second-order valence-electron chi connectivity index (χ2n) is 9.14. The molecule has 2 aliphatic carbocycles. The molecule has 3 rings (SSSR count). The first-order chi connectivity index (χ1) is 11.8. The van der Waals surface area contributed by atoms with Gasteiger partial charge < -0.3 is 9.47 Å².